The van der Waals surface area contributed by atoms with Gasteiger partial charge in [0.1, 0.15) is 6.61 Å². The molecule has 0 atom stereocenters. The summed E-state index contributed by atoms with van der Waals surface area (Å²) in [6.07, 6.45) is 0. The van der Waals surface area contributed by atoms with E-state index in [-0.39, 0.29) is 5.91 Å². The standard InChI is InChI=1S/C24H26N2O3/c1-17-7-4-5-8-20(17)16-29-24-19(9-6-10-23(24)28-3)15-25-21-11-13-22(14-12-21)26-18(2)27/h4-14,25H,15-16H2,1-3H3,(H,26,27). The highest BCUT2D eigenvalue weighted by atomic mass is 16.5. The van der Waals surface area contributed by atoms with E-state index in [9.17, 15) is 4.79 Å². The lowest BCUT2D eigenvalue weighted by atomic mass is 10.1. The summed E-state index contributed by atoms with van der Waals surface area (Å²) in [4.78, 5) is 11.1. The van der Waals surface area contributed by atoms with Crippen molar-refractivity contribution >= 4 is 17.3 Å². The van der Waals surface area contributed by atoms with Crippen molar-refractivity contribution in [2.75, 3.05) is 17.7 Å². The number of carbonyl (C=O) groups excluding carboxylic acids is 1. The van der Waals surface area contributed by atoms with E-state index in [0.717, 1.165) is 28.3 Å². The molecular formula is C24H26N2O3. The van der Waals surface area contributed by atoms with Gasteiger partial charge < -0.3 is 20.1 Å². The summed E-state index contributed by atoms with van der Waals surface area (Å²) in [6.45, 7) is 4.63. The highest BCUT2D eigenvalue weighted by Gasteiger charge is 2.11. The van der Waals surface area contributed by atoms with Crippen molar-refractivity contribution in [1.29, 1.82) is 0 Å². The van der Waals surface area contributed by atoms with E-state index in [4.69, 9.17) is 9.47 Å². The minimum atomic E-state index is -0.0856. The minimum Gasteiger partial charge on any atom is -0.493 e. The highest BCUT2D eigenvalue weighted by Crippen LogP contribution is 2.32. The number of rotatable bonds is 8. The number of amides is 1. The van der Waals surface area contributed by atoms with Crippen LogP contribution in [0.1, 0.15) is 23.6 Å². The van der Waals surface area contributed by atoms with Crippen LogP contribution in [0.5, 0.6) is 11.5 Å². The number of hydrogen-bond acceptors (Lipinski definition) is 4. The van der Waals surface area contributed by atoms with Crippen LogP contribution in [0.3, 0.4) is 0 Å². The quantitative estimate of drug-likeness (QED) is 0.558. The maximum absolute atomic E-state index is 11.1. The van der Waals surface area contributed by atoms with Crippen molar-refractivity contribution in [3.05, 3.63) is 83.4 Å². The number of benzene rings is 3. The fourth-order valence-electron chi connectivity index (χ4n) is 3.02. The molecule has 5 nitrogen and oxygen atoms in total. The van der Waals surface area contributed by atoms with Gasteiger partial charge in [0, 0.05) is 30.4 Å². The molecular weight excluding hydrogens is 364 g/mol. The molecule has 150 valence electrons. The van der Waals surface area contributed by atoms with Gasteiger partial charge in [-0.15, -0.1) is 0 Å². The third kappa shape index (κ3) is 5.51. The third-order valence-corrected chi connectivity index (χ3v) is 4.60. The van der Waals surface area contributed by atoms with Crippen LogP contribution in [0.25, 0.3) is 0 Å². The lowest BCUT2D eigenvalue weighted by molar-refractivity contribution is -0.114. The van der Waals surface area contributed by atoms with E-state index in [0.29, 0.717) is 18.9 Å². The van der Waals surface area contributed by atoms with Gasteiger partial charge in [0.15, 0.2) is 11.5 Å². The monoisotopic (exact) mass is 390 g/mol. The molecule has 0 aliphatic rings. The molecule has 0 fully saturated rings. The van der Waals surface area contributed by atoms with Gasteiger partial charge in [0.25, 0.3) is 0 Å². The SMILES string of the molecule is COc1cccc(CNc2ccc(NC(C)=O)cc2)c1OCc1ccccc1C. The van der Waals surface area contributed by atoms with Gasteiger partial charge in [-0.25, -0.2) is 0 Å². The summed E-state index contributed by atoms with van der Waals surface area (Å²) in [5, 5.41) is 6.16. The molecule has 0 aromatic heterocycles. The molecule has 2 N–H and O–H groups in total. The Labute approximate surface area is 171 Å². The zero-order chi connectivity index (χ0) is 20.6. The van der Waals surface area contributed by atoms with E-state index in [1.54, 1.807) is 7.11 Å². The van der Waals surface area contributed by atoms with E-state index in [2.05, 4.69) is 29.7 Å². The molecule has 0 radical (unpaired) electrons. The number of ether oxygens (including phenoxy) is 2. The Hall–Kier alpha value is -3.47. The van der Waals surface area contributed by atoms with Crippen molar-refractivity contribution < 1.29 is 14.3 Å². The molecule has 0 unspecified atom stereocenters. The van der Waals surface area contributed by atoms with Gasteiger partial charge >= 0.3 is 0 Å². The van der Waals surface area contributed by atoms with E-state index >= 15 is 0 Å². The number of methoxy groups -OCH3 is 1. The summed E-state index contributed by atoms with van der Waals surface area (Å²) in [5.41, 5.74) is 5.06. The third-order valence-electron chi connectivity index (χ3n) is 4.60. The number of nitrogens with one attached hydrogen (secondary N) is 2. The van der Waals surface area contributed by atoms with Crippen LogP contribution in [0, 0.1) is 6.92 Å². The molecule has 3 aromatic rings. The predicted octanol–water partition coefficient (Wildman–Crippen LogP) is 5.15. The van der Waals surface area contributed by atoms with Gasteiger partial charge in [-0.2, -0.15) is 0 Å². The summed E-state index contributed by atoms with van der Waals surface area (Å²) < 4.78 is 11.7. The fraction of sp³-hybridized carbons (Fsp3) is 0.208. The van der Waals surface area contributed by atoms with Gasteiger partial charge in [-0.3, -0.25) is 4.79 Å². The second-order valence-corrected chi connectivity index (χ2v) is 6.78. The summed E-state index contributed by atoms with van der Waals surface area (Å²) in [6, 6.07) is 21.7. The molecule has 29 heavy (non-hydrogen) atoms. The average molecular weight is 390 g/mol. The fourth-order valence-corrected chi connectivity index (χ4v) is 3.02. The van der Waals surface area contributed by atoms with E-state index in [1.165, 1.54) is 12.5 Å². The minimum absolute atomic E-state index is 0.0856. The summed E-state index contributed by atoms with van der Waals surface area (Å²) >= 11 is 0. The Morgan fingerprint density at radius 2 is 1.59 bits per heavy atom. The van der Waals surface area contributed by atoms with Crippen LogP contribution in [0.2, 0.25) is 0 Å². The highest BCUT2D eigenvalue weighted by molar-refractivity contribution is 5.88. The first-order valence-corrected chi connectivity index (χ1v) is 9.51. The molecule has 0 aliphatic carbocycles. The topological polar surface area (TPSA) is 59.6 Å². The second-order valence-electron chi connectivity index (χ2n) is 6.78. The lowest BCUT2D eigenvalue weighted by Crippen LogP contribution is -2.07. The maximum Gasteiger partial charge on any atom is 0.221 e. The zero-order valence-electron chi connectivity index (χ0n) is 17.0. The number of carbonyl (C=O) groups is 1. The van der Waals surface area contributed by atoms with Gasteiger partial charge in [0.2, 0.25) is 5.91 Å². The Morgan fingerprint density at radius 3 is 2.28 bits per heavy atom. The molecule has 0 bridgehead atoms. The molecule has 3 aromatic carbocycles. The van der Waals surface area contributed by atoms with Crippen LogP contribution in [-0.4, -0.2) is 13.0 Å². The van der Waals surface area contributed by atoms with Crippen molar-refractivity contribution in [3.8, 4) is 11.5 Å². The lowest BCUT2D eigenvalue weighted by Gasteiger charge is -2.17. The second kappa shape index (κ2) is 9.64. The van der Waals surface area contributed by atoms with Crippen molar-refractivity contribution in [2.24, 2.45) is 0 Å². The zero-order valence-corrected chi connectivity index (χ0v) is 17.0. The van der Waals surface area contributed by atoms with E-state index in [1.807, 2.05) is 54.6 Å². The molecule has 3 rings (SSSR count). The molecule has 5 heteroatoms. The van der Waals surface area contributed by atoms with Crippen LogP contribution >= 0.6 is 0 Å². The van der Waals surface area contributed by atoms with Crippen molar-refractivity contribution in [1.82, 2.24) is 0 Å². The maximum atomic E-state index is 11.1. The Balaban J connectivity index is 1.72. The average Bonchev–Trinajstić information content (AvgIpc) is 2.72. The first-order chi connectivity index (χ1) is 14.1. The molecule has 0 saturated carbocycles. The normalized spacial score (nSPS) is 10.3. The Kier molecular flexibility index (Phi) is 6.74. The molecule has 0 spiro atoms. The Morgan fingerprint density at radius 1 is 0.897 bits per heavy atom. The van der Waals surface area contributed by atoms with Crippen LogP contribution < -0.4 is 20.1 Å². The molecule has 1 amide bonds. The number of para-hydroxylation sites is 1. The predicted molar refractivity (Wildman–Crippen MR) is 117 cm³/mol. The van der Waals surface area contributed by atoms with Crippen LogP contribution in [0.4, 0.5) is 11.4 Å². The summed E-state index contributed by atoms with van der Waals surface area (Å²) in [5.74, 6) is 1.36. The number of aryl methyl sites for hydroxylation is 1. The van der Waals surface area contributed by atoms with Crippen LogP contribution in [-0.2, 0) is 17.9 Å². The summed E-state index contributed by atoms with van der Waals surface area (Å²) in [7, 11) is 1.65. The van der Waals surface area contributed by atoms with Crippen molar-refractivity contribution in [3.63, 3.8) is 0 Å². The smallest absolute Gasteiger partial charge is 0.221 e. The van der Waals surface area contributed by atoms with Gasteiger partial charge in [-0.05, 0) is 48.4 Å². The van der Waals surface area contributed by atoms with Gasteiger partial charge in [0.05, 0.1) is 7.11 Å². The van der Waals surface area contributed by atoms with Gasteiger partial charge in [-0.1, -0.05) is 36.4 Å². The molecule has 0 aliphatic heterocycles. The van der Waals surface area contributed by atoms with Crippen LogP contribution in [0.15, 0.2) is 66.7 Å². The first kappa shape index (κ1) is 20.3. The number of hydrogen-bond donors (Lipinski definition) is 2. The molecule has 0 heterocycles. The van der Waals surface area contributed by atoms with Crippen molar-refractivity contribution in [2.45, 2.75) is 27.0 Å². The Bertz CT molecular complexity index is 968. The largest absolute Gasteiger partial charge is 0.493 e. The number of anilines is 2. The van der Waals surface area contributed by atoms with E-state index < -0.39 is 0 Å². The first-order valence-electron chi connectivity index (χ1n) is 9.51. The molecule has 0 saturated heterocycles.